The lowest BCUT2D eigenvalue weighted by Crippen LogP contribution is -2.25. The lowest BCUT2D eigenvalue weighted by Gasteiger charge is -2.26. The zero-order chi connectivity index (χ0) is 10.2. The summed E-state index contributed by atoms with van der Waals surface area (Å²) >= 11 is 3.88. The average Bonchev–Trinajstić information content (AvgIpc) is 2.37. The largest absolute Gasteiger partial charge is 0.375 e. The molecule has 14 heavy (non-hydrogen) atoms. The normalized spacial score (nSPS) is 49.5. The van der Waals surface area contributed by atoms with Gasteiger partial charge in [-0.3, -0.25) is 0 Å². The van der Waals surface area contributed by atoms with Crippen molar-refractivity contribution in [1.29, 1.82) is 0 Å². The standard InChI is InChI=1S/C10H18O2S2/c1-7-4-10(12-9(3)6-14-10)13-5-8(2)11-7/h7-9H,4-6H2,1-3H3. The van der Waals surface area contributed by atoms with Gasteiger partial charge in [0.2, 0.25) is 0 Å². The SMILES string of the molecule is CC1CSC2(CC(C)O1)OC(C)CS2. The van der Waals surface area contributed by atoms with Gasteiger partial charge in [-0.05, 0) is 20.8 Å². The van der Waals surface area contributed by atoms with Crippen LogP contribution in [0.4, 0.5) is 0 Å². The van der Waals surface area contributed by atoms with E-state index >= 15 is 0 Å². The van der Waals surface area contributed by atoms with Gasteiger partial charge in [0.1, 0.15) is 0 Å². The quantitative estimate of drug-likeness (QED) is 0.641. The molecule has 0 aromatic carbocycles. The van der Waals surface area contributed by atoms with Crippen LogP contribution in [0.2, 0.25) is 0 Å². The molecule has 4 atom stereocenters. The third kappa shape index (κ3) is 2.40. The Morgan fingerprint density at radius 2 is 1.64 bits per heavy atom. The Balaban J connectivity index is 2.04. The van der Waals surface area contributed by atoms with Gasteiger partial charge in [-0.15, -0.1) is 23.5 Å². The maximum Gasteiger partial charge on any atom is 0.163 e. The van der Waals surface area contributed by atoms with E-state index in [0.29, 0.717) is 18.3 Å². The third-order valence-corrected chi connectivity index (χ3v) is 5.84. The fourth-order valence-corrected chi connectivity index (χ4v) is 4.98. The Kier molecular flexibility index (Phi) is 3.37. The Morgan fingerprint density at radius 3 is 2.21 bits per heavy atom. The monoisotopic (exact) mass is 234 g/mol. The van der Waals surface area contributed by atoms with Crippen LogP contribution in [0.15, 0.2) is 0 Å². The van der Waals surface area contributed by atoms with E-state index in [-0.39, 0.29) is 4.27 Å². The van der Waals surface area contributed by atoms with Crippen molar-refractivity contribution in [2.75, 3.05) is 11.5 Å². The molecule has 0 aromatic rings. The Bertz CT molecular complexity index is 212. The minimum absolute atomic E-state index is 0.0103. The smallest absolute Gasteiger partial charge is 0.163 e. The Morgan fingerprint density at radius 1 is 1.00 bits per heavy atom. The predicted molar refractivity (Wildman–Crippen MR) is 62.8 cm³/mol. The van der Waals surface area contributed by atoms with E-state index in [2.05, 4.69) is 20.8 Å². The molecule has 0 bridgehead atoms. The van der Waals surface area contributed by atoms with Crippen LogP contribution in [0.1, 0.15) is 27.2 Å². The van der Waals surface area contributed by atoms with Gasteiger partial charge in [0.05, 0.1) is 18.3 Å². The molecule has 4 unspecified atom stereocenters. The predicted octanol–water partition coefficient (Wildman–Crippen LogP) is 2.72. The van der Waals surface area contributed by atoms with E-state index in [1.54, 1.807) is 0 Å². The van der Waals surface area contributed by atoms with Crippen LogP contribution in [-0.4, -0.2) is 34.1 Å². The maximum absolute atomic E-state index is 6.03. The highest BCUT2D eigenvalue weighted by Crippen LogP contribution is 2.50. The van der Waals surface area contributed by atoms with Crippen molar-refractivity contribution in [2.45, 2.75) is 49.8 Å². The van der Waals surface area contributed by atoms with E-state index in [4.69, 9.17) is 9.47 Å². The molecule has 0 saturated carbocycles. The number of thioether (sulfide) groups is 2. The van der Waals surface area contributed by atoms with E-state index in [0.717, 1.165) is 17.9 Å². The highest BCUT2D eigenvalue weighted by Gasteiger charge is 2.43. The van der Waals surface area contributed by atoms with E-state index < -0.39 is 0 Å². The van der Waals surface area contributed by atoms with Crippen molar-refractivity contribution in [3.8, 4) is 0 Å². The van der Waals surface area contributed by atoms with Gasteiger partial charge >= 0.3 is 0 Å². The van der Waals surface area contributed by atoms with E-state index in [1.807, 2.05) is 23.5 Å². The molecule has 1 spiro atoms. The van der Waals surface area contributed by atoms with Crippen molar-refractivity contribution < 1.29 is 9.47 Å². The van der Waals surface area contributed by atoms with Gasteiger partial charge in [-0.2, -0.15) is 0 Å². The van der Waals surface area contributed by atoms with Crippen molar-refractivity contribution >= 4 is 23.5 Å². The summed E-state index contributed by atoms with van der Waals surface area (Å²) in [5.74, 6) is 2.16. The van der Waals surface area contributed by atoms with Gasteiger partial charge < -0.3 is 9.47 Å². The molecule has 4 heteroatoms. The van der Waals surface area contributed by atoms with Gasteiger partial charge in [-0.25, -0.2) is 0 Å². The molecule has 0 aromatic heterocycles. The summed E-state index contributed by atoms with van der Waals surface area (Å²) in [7, 11) is 0. The van der Waals surface area contributed by atoms with E-state index in [1.165, 1.54) is 0 Å². The van der Waals surface area contributed by atoms with Crippen LogP contribution in [0, 0.1) is 0 Å². The Hall–Kier alpha value is 0.620. The maximum atomic E-state index is 6.03. The highest BCUT2D eigenvalue weighted by atomic mass is 32.2. The second-order valence-corrected chi connectivity index (χ2v) is 7.02. The molecule has 2 rings (SSSR count). The van der Waals surface area contributed by atoms with Crippen LogP contribution >= 0.6 is 23.5 Å². The average molecular weight is 234 g/mol. The molecule has 2 heterocycles. The zero-order valence-corrected chi connectivity index (χ0v) is 10.6. The third-order valence-electron chi connectivity index (χ3n) is 2.46. The van der Waals surface area contributed by atoms with Gasteiger partial charge in [0.25, 0.3) is 0 Å². The number of hydrogen-bond donors (Lipinski definition) is 0. The van der Waals surface area contributed by atoms with Gasteiger partial charge in [0, 0.05) is 17.9 Å². The molecule has 82 valence electrons. The number of rotatable bonds is 0. The Labute approximate surface area is 94.5 Å². The van der Waals surface area contributed by atoms with Crippen LogP contribution in [0.25, 0.3) is 0 Å². The summed E-state index contributed by atoms with van der Waals surface area (Å²) in [6.07, 6.45) is 2.08. The summed E-state index contributed by atoms with van der Waals surface area (Å²) in [4.78, 5) is 0. The van der Waals surface area contributed by atoms with Gasteiger partial charge in [-0.1, -0.05) is 0 Å². The first-order valence-corrected chi connectivity index (χ1v) is 7.18. The molecule has 0 aliphatic carbocycles. The molecule has 0 amide bonds. The van der Waals surface area contributed by atoms with Gasteiger partial charge in [0.15, 0.2) is 4.27 Å². The van der Waals surface area contributed by atoms with Crippen molar-refractivity contribution in [3.63, 3.8) is 0 Å². The number of ether oxygens (including phenoxy) is 2. The molecule has 2 aliphatic heterocycles. The van der Waals surface area contributed by atoms with Crippen molar-refractivity contribution in [3.05, 3.63) is 0 Å². The zero-order valence-electron chi connectivity index (χ0n) is 8.99. The fraction of sp³-hybridized carbons (Fsp3) is 1.00. The minimum Gasteiger partial charge on any atom is -0.375 e. The van der Waals surface area contributed by atoms with Crippen LogP contribution < -0.4 is 0 Å². The second-order valence-electron chi connectivity index (χ2n) is 4.19. The summed E-state index contributed by atoms with van der Waals surface area (Å²) in [5.41, 5.74) is 0. The first-order chi connectivity index (χ1) is 6.60. The summed E-state index contributed by atoms with van der Waals surface area (Å²) in [6.45, 7) is 6.45. The molecular weight excluding hydrogens is 216 g/mol. The molecule has 2 fully saturated rings. The minimum atomic E-state index is -0.0103. The molecular formula is C10H18O2S2. The van der Waals surface area contributed by atoms with Crippen LogP contribution in [-0.2, 0) is 9.47 Å². The van der Waals surface area contributed by atoms with Crippen LogP contribution in [0.5, 0.6) is 0 Å². The first-order valence-electron chi connectivity index (χ1n) is 5.21. The first kappa shape index (κ1) is 11.1. The molecule has 2 saturated heterocycles. The summed E-state index contributed by atoms with van der Waals surface area (Å²) in [5, 5.41) is 0. The molecule has 2 aliphatic rings. The van der Waals surface area contributed by atoms with Crippen molar-refractivity contribution in [1.82, 2.24) is 0 Å². The highest BCUT2D eigenvalue weighted by molar-refractivity contribution is 8.18. The second kappa shape index (κ2) is 4.24. The van der Waals surface area contributed by atoms with Crippen molar-refractivity contribution in [2.24, 2.45) is 0 Å². The summed E-state index contributed by atoms with van der Waals surface area (Å²) < 4.78 is 11.8. The number of hydrogen-bond acceptors (Lipinski definition) is 4. The fourth-order valence-electron chi connectivity index (χ4n) is 1.94. The molecule has 2 nitrogen and oxygen atoms in total. The lowest BCUT2D eigenvalue weighted by atomic mass is 10.3. The lowest BCUT2D eigenvalue weighted by molar-refractivity contribution is -0.0145. The molecule has 0 radical (unpaired) electrons. The van der Waals surface area contributed by atoms with Crippen LogP contribution in [0.3, 0.4) is 0 Å². The van der Waals surface area contributed by atoms with E-state index in [9.17, 15) is 0 Å². The topological polar surface area (TPSA) is 18.5 Å². The molecule has 0 N–H and O–H groups in total. The summed E-state index contributed by atoms with van der Waals surface area (Å²) in [6, 6.07) is 0.